The van der Waals surface area contributed by atoms with Crippen molar-refractivity contribution in [1.82, 2.24) is 4.90 Å². The molecule has 2 aromatic carbocycles. The highest BCUT2D eigenvalue weighted by Crippen LogP contribution is 2.63. The van der Waals surface area contributed by atoms with E-state index in [1.807, 2.05) is 6.08 Å². The second-order valence-electron chi connectivity index (χ2n) is 11.4. The molecule has 41 heavy (non-hydrogen) atoms. The van der Waals surface area contributed by atoms with Crippen LogP contribution in [-0.2, 0) is 24.0 Å². The van der Waals surface area contributed by atoms with Crippen LogP contribution < -0.4 is 9.64 Å². The van der Waals surface area contributed by atoms with Gasteiger partial charge in [-0.25, -0.2) is 4.90 Å². The minimum Gasteiger partial charge on any atom is -0.504 e. The van der Waals surface area contributed by atoms with Gasteiger partial charge in [0.1, 0.15) is 0 Å². The monoisotopic (exact) mass is 558 g/mol. The van der Waals surface area contributed by atoms with Crippen LogP contribution in [0.1, 0.15) is 37.7 Å². The summed E-state index contributed by atoms with van der Waals surface area (Å²) in [5, 5.41) is 19.5. The van der Waals surface area contributed by atoms with Gasteiger partial charge in [0.25, 0.3) is 0 Å². The first-order valence-corrected chi connectivity index (χ1v) is 13.7. The number of fused-ring (bicyclic) bond motifs is 4. The Balaban J connectivity index is 1.49. The summed E-state index contributed by atoms with van der Waals surface area (Å²) >= 11 is 0. The van der Waals surface area contributed by atoms with E-state index in [4.69, 9.17) is 9.84 Å². The van der Waals surface area contributed by atoms with E-state index in [0.717, 1.165) is 10.5 Å². The fourth-order valence-electron chi connectivity index (χ4n) is 7.59. The number of aliphatic carboxylic acids is 1. The quantitative estimate of drug-likeness (QED) is 0.407. The number of imide groups is 2. The topological polar surface area (TPSA) is 142 Å². The summed E-state index contributed by atoms with van der Waals surface area (Å²) in [5.41, 5.74) is 0.702. The maximum atomic E-state index is 14.3. The zero-order chi connectivity index (χ0) is 29.2. The van der Waals surface area contributed by atoms with E-state index in [9.17, 15) is 29.1 Å². The van der Waals surface area contributed by atoms with E-state index in [1.165, 1.54) is 18.1 Å². The molecule has 2 saturated heterocycles. The van der Waals surface area contributed by atoms with Crippen molar-refractivity contribution in [3.8, 4) is 11.5 Å². The van der Waals surface area contributed by atoms with E-state index in [1.54, 1.807) is 49.4 Å². The first-order chi connectivity index (χ1) is 19.6. The molecule has 0 aromatic heterocycles. The number of aromatic hydroxyl groups is 1. The number of para-hydroxylation sites is 1. The molecule has 0 spiro atoms. The Morgan fingerprint density at radius 1 is 1.02 bits per heavy atom. The smallest absolute Gasteiger partial charge is 0.305 e. The van der Waals surface area contributed by atoms with E-state index in [2.05, 4.69) is 0 Å². The Kier molecular flexibility index (Phi) is 6.24. The van der Waals surface area contributed by atoms with Crippen LogP contribution in [0.2, 0.25) is 0 Å². The number of phenols is 1. The van der Waals surface area contributed by atoms with Crippen molar-refractivity contribution in [2.24, 2.45) is 29.1 Å². The van der Waals surface area contributed by atoms with Gasteiger partial charge >= 0.3 is 5.97 Å². The van der Waals surface area contributed by atoms with Crippen LogP contribution in [-0.4, -0.2) is 58.4 Å². The molecule has 6 rings (SSSR count). The van der Waals surface area contributed by atoms with Crippen LogP contribution in [0.5, 0.6) is 11.5 Å². The molecule has 3 fully saturated rings. The second-order valence-corrected chi connectivity index (χ2v) is 11.4. The van der Waals surface area contributed by atoms with Crippen LogP contribution in [0, 0.1) is 29.1 Å². The fourth-order valence-corrected chi connectivity index (χ4v) is 7.59. The number of carboxylic acids is 1. The Bertz CT molecular complexity index is 1520. The first-order valence-electron chi connectivity index (χ1n) is 13.7. The number of amides is 4. The van der Waals surface area contributed by atoms with Gasteiger partial charge in [-0.05, 0) is 55.5 Å². The van der Waals surface area contributed by atoms with Gasteiger partial charge in [-0.1, -0.05) is 35.9 Å². The molecule has 4 aliphatic rings. The maximum absolute atomic E-state index is 14.3. The van der Waals surface area contributed by atoms with Gasteiger partial charge in [0.15, 0.2) is 11.5 Å². The lowest BCUT2D eigenvalue weighted by molar-refractivity contribution is -0.142. The van der Waals surface area contributed by atoms with E-state index in [0.29, 0.717) is 11.3 Å². The molecular formula is C31H30N2O8. The van der Waals surface area contributed by atoms with Gasteiger partial charge < -0.3 is 14.9 Å². The van der Waals surface area contributed by atoms with E-state index >= 15 is 0 Å². The number of anilines is 1. The molecule has 2 heterocycles. The second kappa shape index (κ2) is 9.57. The lowest BCUT2D eigenvalue weighted by Gasteiger charge is -2.49. The normalized spacial score (nSPS) is 30.6. The molecule has 2 aromatic rings. The molecule has 212 valence electrons. The zero-order valence-electron chi connectivity index (χ0n) is 22.6. The molecule has 1 saturated carbocycles. The van der Waals surface area contributed by atoms with Crippen LogP contribution in [0.3, 0.4) is 0 Å². The standard InChI is InChI=1S/C31H30N2O8/c1-31-21(28(38)33(30(31)40)17-6-4-3-5-7-17)15-20-18(26(31)16-8-11-22(34)23(14-16)41-2)9-10-19-25(20)29(39)32(27(19)37)13-12-24(35)36/h3-9,11,14,19-21,25-26,34H,10,12-13,15H2,1-2H3,(H,35,36)/t19-,20+,21-,25-,26-,31+/m0/s1. The Morgan fingerprint density at radius 2 is 1.76 bits per heavy atom. The number of likely N-dealkylation sites (tertiary alicyclic amines) is 1. The highest BCUT2D eigenvalue weighted by atomic mass is 16.5. The minimum atomic E-state index is -1.21. The van der Waals surface area contributed by atoms with Crippen molar-refractivity contribution >= 4 is 35.3 Å². The lowest BCUT2D eigenvalue weighted by atomic mass is 9.51. The summed E-state index contributed by atoms with van der Waals surface area (Å²) in [7, 11) is 1.42. The molecule has 10 heteroatoms. The van der Waals surface area contributed by atoms with Gasteiger partial charge in [-0.2, -0.15) is 0 Å². The third kappa shape index (κ3) is 3.80. The van der Waals surface area contributed by atoms with Gasteiger partial charge in [-0.15, -0.1) is 0 Å². The number of benzene rings is 2. The van der Waals surface area contributed by atoms with Crippen molar-refractivity contribution in [3.05, 3.63) is 65.7 Å². The Labute approximate surface area is 236 Å². The molecular weight excluding hydrogens is 528 g/mol. The maximum Gasteiger partial charge on any atom is 0.305 e. The molecule has 2 N–H and O–H groups in total. The summed E-state index contributed by atoms with van der Waals surface area (Å²) in [6, 6.07) is 13.6. The summed E-state index contributed by atoms with van der Waals surface area (Å²) in [5.74, 6) is -5.84. The highest BCUT2D eigenvalue weighted by Gasteiger charge is 2.67. The van der Waals surface area contributed by atoms with Crippen molar-refractivity contribution in [2.75, 3.05) is 18.6 Å². The first kappa shape index (κ1) is 26.7. The Hall–Kier alpha value is -4.47. The van der Waals surface area contributed by atoms with Crippen LogP contribution in [0.15, 0.2) is 60.2 Å². The number of allylic oxidation sites excluding steroid dienone is 2. The van der Waals surface area contributed by atoms with Gasteiger partial charge in [0.2, 0.25) is 23.6 Å². The SMILES string of the molecule is COc1cc([C@H]2C3=CC[C@@H]4C(=O)N(CCC(=O)O)C(=O)[C@@H]4[C@@H]3C[C@H]3C(=O)N(c4ccccc4)C(=O)[C@@]23C)ccc1O. The number of ether oxygens (including phenoxy) is 1. The van der Waals surface area contributed by atoms with Gasteiger partial charge in [-0.3, -0.25) is 28.9 Å². The molecule has 4 amide bonds. The lowest BCUT2D eigenvalue weighted by Crippen LogP contribution is -2.48. The third-order valence-corrected chi connectivity index (χ3v) is 9.47. The summed E-state index contributed by atoms with van der Waals surface area (Å²) in [4.78, 5) is 68.8. The van der Waals surface area contributed by atoms with Crippen LogP contribution >= 0.6 is 0 Å². The number of carboxylic acid groups (broad SMARTS) is 1. The number of carbonyl (C=O) groups is 5. The number of carbonyl (C=O) groups excluding carboxylic acids is 4. The largest absolute Gasteiger partial charge is 0.504 e. The predicted octanol–water partition coefficient (Wildman–Crippen LogP) is 3.11. The number of nitrogens with zero attached hydrogens (tertiary/aromatic N) is 2. The molecule has 10 nitrogen and oxygen atoms in total. The summed E-state index contributed by atoms with van der Waals surface area (Å²) < 4.78 is 5.37. The van der Waals surface area contributed by atoms with Crippen LogP contribution in [0.25, 0.3) is 0 Å². The van der Waals surface area contributed by atoms with Crippen LogP contribution in [0.4, 0.5) is 5.69 Å². The van der Waals surface area contributed by atoms with Crippen molar-refractivity contribution in [1.29, 1.82) is 0 Å². The molecule has 2 aliphatic carbocycles. The van der Waals surface area contributed by atoms with Gasteiger partial charge in [0.05, 0.1) is 42.4 Å². The molecule has 6 atom stereocenters. The fraction of sp³-hybridized carbons (Fsp3) is 0.387. The number of rotatable bonds is 6. The minimum absolute atomic E-state index is 0.0756. The highest BCUT2D eigenvalue weighted by molar-refractivity contribution is 6.24. The average molecular weight is 559 g/mol. The number of phenolic OH excluding ortho intramolecular Hbond substituents is 1. The zero-order valence-corrected chi connectivity index (χ0v) is 22.6. The summed E-state index contributed by atoms with van der Waals surface area (Å²) in [6.07, 6.45) is 2.04. The Morgan fingerprint density at radius 3 is 2.44 bits per heavy atom. The predicted molar refractivity (Wildman–Crippen MR) is 145 cm³/mol. The number of methoxy groups -OCH3 is 1. The molecule has 0 bridgehead atoms. The van der Waals surface area contributed by atoms with E-state index < -0.39 is 52.8 Å². The van der Waals surface area contributed by atoms with Crippen molar-refractivity contribution in [3.63, 3.8) is 0 Å². The van der Waals surface area contributed by atoms with E-state index in [-0.39, 0.29) is 49.1 Å². The average Bonchev–Trinajstić information content (AvgIpc) is 3.32. The van der Waals surface area contributed by atoms with Crippen molar-refractivity contribution < 1.29 is 38.9 Å². The number of hydrogen-bond donors (Lipinski definition) is 2. The number of hydrogen-bond acceptors (Lipinski definition) is 7. The molecule has 0 radical (unpaired) electrons. The third-order valence-electron chi connectivity index (χ3n) is 9.47. The molecule has 0 unspecified atom stereocenters. The molecule has 2 aliphatic heterocycles. The summed E-state index contributed by atoms with van der Waals surface area (Å²) in [6.45, 7) is 1.58. The van der Waals surface area contributed by atoms with Gasteiger partial charge in [0, 0.05) is 12.5 Å². The van der Waals surface area contributed by atoms with Crippen molar-refractivity contribution in [2.45, 2.75) is 32.1 Å².